The first-order chi connectivity index (χ1) is 13.7. The Bertz CT molecular complexity index is 840. The summed E-state index contributed by atoms with van der Waals surface area (Å²) in [6.07, 6.45) is 4.22. The van der Waals surface area contributed by atoms with Crippen LogP contribution in [0, 0.1) is 0 Å². The van der Waals surface area contributed by atoms with Crippen LogP contribution in [0.5, 0.6) is 5.75 Å². The van der Waals surface area contributed by atoms with Gasteiger partial charge in [-0.15, -0.1) is 0 Å². The topological polar surface area (TPSA) is 76.7 Å². The normalized spacial score (nSPS) is 18.5. The molecule has 0 spiro atoms. The number of hydrogen-bond acceptors (Lipinski definition) is 4. The van der Waals surface area contributed by atoms with E-state index in [9.17, 15) is 9.59 Å². The highest BCUT2D eigenvalue weighted by Crippen LogP contribution is 2.22. The van der Waals surface area contributed by atoms with Crippen LogP contribution in [0.15, 0.2) is 48.5 Å². The number of anilines is 1. The van der Waals surface area contributed by atoms with Gasteiger partial charge in [-0.3, -0.25) is 9.59 Å². The average Bonchev–Trinajstić information content (AvgIpc) is 3.37. The molecule has 0 radical (unpaired) electrons. The first-order valence-corrected chi connectivity index (χ1v) is 9.75. The summed E-state index contributed by atoms with van der Waals surface area (Å²) < 4.78 is 11.4. The van der Waals surface area contributed by atoms with Gasteiger partial charge in [0.1, 0.15) is 12.4 Å². The van der Waals surface area contributed by atoms with Crippen molar-refractivity contribution < 1.29 is 19.1 Å². The van der Waals surface area contributed by atoms with E-state index in [0.717, 1.165) is 32.3 Å². The molecule has 6 nitrogen and oxygen atoms in total. The van der Waals surface area contributed by atoms with Gasteiger partial charge < -0.3 is 20.1 Å². The smallest absolute Gasteiger partial charge is 0.259 e. The molecule has 2 fully saturated rings. The van der Waals surface area contributed by atoms with Crippen molar-refractivity contribution in [2.24, 2.45) is 0 Å². The molecule has 1 heterocycles. The molecule has 6 heteroatoms. The minimum absolute atomic E-state index is 0.0757. The Balaban J connectivity index is 1.38. The number of carbonyl (C=O) groups is 2. The van der Waals surface area contributed by atoms with Crippen molar-refractivity contribution in [1.29, 1.82) is 0 Å². The van der Waals surface area contributed by atoms with Crippen LogP contribution < -0.4 is 15.4 Å². The molecule has 1 aliphatic heterocycles. The van der Waals surface area contributed by atoms with E-state index in [1.165, 1.54) is 0 Å². The van der Waals surface area contributed by atoms with E-state index in [1.54, 1.807) is 42.5 Å². The van der Waals surface area contributed by atoms with E-state index in [4.69, 9.17) is 9.47 Å². The lowest BCUT2D eigenvalue weighted by molar-refractivity contribution is 0.0673. The van der Waals surface area contributed by atoms with Gasteiger partial charge in [0, 0.05) is 23.9 Å². The Morgan fingerprint density at radius 3 is 2.50 bits per heavy atom. The third-order valence-electron chi connectivity index (χ3n) is 4.90. The van der Waals surface area contributed by atoms with Gasteiger partial charge in [-0.2, -0.15) is 0 Å². The molecular formula is C22H24N2O4. The molecule has 1 aliphatic carbocycles. The number of para-hydroxylation sites is 1. The number of amides is 2. The fourth-order valence-corrected chi connectivity index (χ4v) is 3.14. The molecule has 2 aliphatic rings. The van der Waals surface area contributed by atoms with E-state index in [2.05, 4.69) is 10.6 Å². The van der Waals surface area contributed by atoms with Gasteiger partial charge in [0.25, 0.3) is 11.8 Å². The lowest BCUT2D eigenvalue weighted by Gasteiger charge is -2.14. The summed E-state index contributed by atoms with van der Waals surface area (Å²) in [4.78, 5) is 24.8. The van der Waals surface area contributed by atoms with Crippen LogP contribution in [-0.4, -0.2) is 37.2 Å². The van der Waals surface area contributed by atoms with E-state index in [-0.39, 0.29) is 17.9 Å². The molecule has 0 aromatic heterocycles. The molecule has 0 bridgehead atoms. The molecule has 2 N–H and O–H groups in total. The van der Waals surface area contributed by atoms with Crippen molar-refractivity contribution in [2.75, 3.05) is 18.5 Å². The van der Waals surface area contributed by atoms with Crippen molar-refractivity contribution in [3.8, 4) is 5.75 Å². The van der Waals surface area contributed by atoms with Crippen LogP contribution in [-0.2, 0) is 4.74 Å². The number of benzene rings is 2. The van der Waals surface area contributed by atoms with Gasteiger partial charge in [0.05, 0.1) is 11.7 Å². The molecule has 2 aromatic rings. The Hall–Kier alpha value is -2.86. The Kier molecular flexibility index (Phi) is 5.58. The molecule has 28 heavy (non-hydrogen) atoms. The standard InChI is InChI=1S/C22H24N2O4/c25-21(23-17-11-12-17)15-7-9-16(10-8-15)24-22(26)19-5-1-2-6-20(19)28-14-18-4-3-13-27-18/h1-2,5-10,17-18H,3-4,11-14H2,(H,23,25)(H,24,26). The van der Waals surface area contributed by atoms with E-state index < -0.39 is 0 Å². The third kappa shape index (κ3) is 4.70. The van der Waals surface area contributed by atoms with Gasteiger partial charge in [0.15, 0.2) is 0 Å². The number of rotatable bonds is 7. The molecule has 146 valence electrons. The highest BCUT2D eigenvalue weighted by atomic mass is 16.5. The maximum atomic E-state index is 12.7. The van der Waals surface area contributed by atoms with Gasteiger partial charge in [-0.1, -0.05) is 12.1 Å². The second-order valence-corrected chi connectivity index (χ2v) is 7.22. The van der Waals surface area contributed by atoms with Gasteiger partial charge in [-0.25, -0.2) is 0 Å². The van der Waals surface area contributed by atoms with Crippen molar-refractivity contribution >= 4 is 17.5 Å². The van der Waals surface area contributed by atoms with Crippen LogP contribution in [0.3, 0.4) is 0 Å². The second kappa shape index (κ2) is 8.44. The minimum atomic E-state index is -0.252. The molecule has 1 saturated carbocycles. The predicted molar refractivity (Wildman–Crippen MR) is 106 cm³/mol. The van der Waals surface area contributed by atoms with Crippen molar-refractivity contribution in [3.05, 3.63) is 59.7 Å². The van der Waals surface area contributed by atoms with Gasteiger partial charge >= 0.3 is 0 Å². The fraction of sp³-hybridized carbons (Fsp3) is 0.364. The van der Waals surface area contributed by atoms with Crippen molar-refractivity contribution in [2.45, 2.75) is 37.8 Å². The summed E-state index contributed by atoms with van der Waals surface area (Å²) in [7, 11) is 0. The molecule has 1 saturated heterocycles. The maximum Gasteiger partial charge on any atom is 0.259 e. The van der Waals surface area contributed by atoms with Crippen molar-refractivity contribution in [1.82, 2.24) is 5.32 Å². The van der Waals surface area contributed by atoms with E-state index in [1.807, 2.05) is 6.07 Å². The lowest BCUT2D eigenvalue weighted by atomic mass is 10.1. The molecular weight excluding hydrogens is 356 g/mol. The highest BCUT2D eigenvalue weighted by Gasteiger charge is 2.23. The SMILES string of the molecule is O=C(NC1CC1)c1ccc(NC(=O)c2ccccc2OCC2CCCO2)cc1. The van der Waals surface area contributed by atoms with Crippen LogP contribution in [0.25, 0.3) is 0 Å². The predicted octanol–water partition coefficient (Wildman–Crippen LogP) is 3.39. The summed E-state index contributed by atoms with van der Waals surface area (Å²) >= 11 is 0. The number of carbonyl (C=O) groups excluding carboxylic acids is 2. The van der Waals surface area contributed by atoms with Gasteiger partial charge in [-0.05, 0) is 62.1 Å². The Morgan fingerprint density at radius 1 is 1.00 bits per heavy atom. The highest BCUT2D eigenvalue weighted by molar-refractivity contribution is 6.06. The van der Waals surface area contributed by atoms with Crippen LogP contribution >= 0.6 is 0 Å². The van der Waals surface area contributed by atoms with Crippen LogP contribution in [0.2, 0.25) is 0 Å². The number of ether oxygens (including phenoxy) is 2. The Labute approximate surface area is 164 Å². The number of hydrogen-bond donors (Lipinski definition) is 2. The van der Waals surface area contributed by atoms with E-state index >= 15 is 0 Å². The monoisotopic (exact) mass is 380 g/mol. The largest absolute Gasteiger partial charge is 0.490 e. The zero-order valence-electron chi connectivity index (χ0n) is 15.6. The second-order valence-electron chi connectivity index (χ2n) is 7.22. The quantitative estimate of drug-likeness (QED) is 0.772. The summed E-state index contributed by atoms with van der Waals surface area (Å²) in [5.74, 6) is 0.210. The summed E-state index contributed by atoms with van der Waals surface area (Å²) in [6.45, 7) is 1.21. The van der Waals surface area contributed by atoms with Gasteiger partial charge in [0.2, 0.25) is 0 Å². The minimum Gasteiger partial charge on any atom is -0.490 e. The maximum absolute atomic E-state index is 12.7. The first kappa shape index (κ1) is 18.5. The zero-order valence-corrected chi connectivity index (χ0v) is 15.6. The summed E-state index contributed by atoms with van der Waals surface area (Å²) in [5.41, 5.74) is 1.68. The molecule has 1 unspecified atom stereocenters. The summed E-state index contributed by atoms with van der Waals surface area (Å²) in [5, 5.41) is 5.81. The van der Waals surface area contributed by atoms with Crippen LogP contribution in [0.4, 0.5) is 5.69 Å². The molecule has 4 rings (SSSR count). The van der Waals surface area contributed by atoms with Crippen molar-refractivity contribution in [3.63, 3.8) is 0 Å². The average molecular weight is 380 g/mol. The molecule has 1 atom stereocenters. The zero-order chi connectivity index (χ0) is 19.3. The first-order valence-electron chi connectivity index (χ1n) is 9.75. The van der Waals surface area contributed by atoms with Crippen LogP contribution in [0.1, 0.15) is 46.4 Å². The third-order valence-corrected chi connectivity index (χ3v) is 4.90. The Morgan fingerprint density at radius 2 is 1.79 bits per heavy atom. The molecule has 2 aromatic carbocycles. The molecule has 2 amide bonds. The summed E-state index contributed by atoms with van der Waals surface area (Å²) in [6, 6.07) is 14.4. The number of nitrogens with one attached hydrogen (secondary N) is 2. The van der Waals surface area contributed by atoms with E-state index in [0.29, 0.717) is 35.2 Å². The lowest BCUT2D eigenvalue weighted by Crippen LogP contribution is -2.25. The fourth-order valence-electron chi connectivity index (χ4n) is 3.14.